The molecule has 0 amide bonds. The third-order valence-electron chi connectivity index (χ3n) is 2.94. The predicted molar refractivity (Wildman–Crippen MR) is 80.9 cm³/mol. The van der Waals surface area contributed by atoms with Crippen LogP contribution in [0.4, 0.5) is 0 Å². The summed E-state index contributed by atoms with van der Waals surface area (Å²) < 4.78 is 9.99. The number of benzene rings is 1. The number of hydrogen-bond acceptors (Lipinski definition) is 4. The van der Waals surface area contributed by atoms with E-state index < -0.39 is 5.60 Å². The highest BCUT2D eigenvalue weighted by Crippen LogP contribution is 2.13. The van der Waals surface area contributed by atoms with E-state index in [-0.39, 0.29) is 24.3 Å². The third-order valence-corrected chi connectivity index (χ3v) is 2.94. The van der Waals surface area contributed by atoms with Crippen LogP contribution in [0.25, 0.3) is 0 Å². The molecule has 0 unspecified atom stereocenters. The van der Waals surface area contributed by atoms with Crippen molar-refractivity contribution in [2.45, 2.75) is 46.1 Å². The van der Waals surface area contributed by atoms with E-state index in [1.54, 1.807) is 0 Å². The zero-order chi connectivity index (χ0) is 16.0. The van der Waals surface area contributed by atoms with E-state index in [0.717, 1.165) is 11.1 Å². The number of carbonyl (C=O) groups excluding carboxylic acids is 2. The first-order valence-electron chi connectivity index (χ1n) is 7.09. The van der Waals surface area contributed by atoms with Crippen LogP contribution in [0.5, 0.6) is 0 Å². The Kier molecular flexibility index (Phi) is 5.94. The normalized spacial score (nSPS) is 12.6. The van der Waals surface area contributed by atoms with Crippen LogP contribution in [-0.2, 0) is 31.9 Å². The molecule has 1 rings (SSSR count). The highest BCUT2D eigenvalue weighted by molar-refractivity contribution is 5.73. The molecule has 1 aromatic rings. The summed E-state index contributed by atoms with van der Waals surface area (Å²) in [5.74, 6) is -0.627. The van der Waals surface area contributed by atoms with Gasteiger partial charge >= 0.3 is 11.9 Å². The predicted octanol–water partition coefficient (Wildman–Crippen LogP) is 2.92. The molecule has 0 heterocycles. The fourth-order valence-corrected chi connectivity index (χ4v) is 1.98. The van der Waals surface area contributed by atoms with Gasteiger partial charge in [0.15, 0.2) is 0 Å². The molecule has 4 heteroatoms. The smallest absolute Gasteiger partial charge is 0.310 e. The number of methoxy groups -OCH3 is 1. The van der Waals surface area contributed by atoms with Crippen molar-refractivity contribution in [3.63, 3.8) is 0 Å². The van der Waals surface area contributed by atoms with Crippen LogP contribution in [0, 0.1) is 5.92 Å². The summed E-state index contributed by atoms with van der Waals surface area (Å²) in [6.45, 7) is 7.38. The van der Waals surface area contributed by atoms with Gasteiger partial charge in [0.25, 0.3) is 0 Å². The first-order chi connectivity index (χ1) is 9.71. The Bertz CT molecular complexity index is 483. The summed E-state index contributed by atoms with van der Waals surface area (Å²) in [7, 11) is 1.39. The van der Waals surface area contributed by atoms with E-state index in [1.165, 1.54) is 7.11 Å². The van der Waals surface area contributed by atoms with E-state index in [9.17, 15) is 9.59 Å². The summed E-state index contributed by atoms with van der Waals surface area (Å²) in [5, 5.41) is 0. The largest absolute Gasteiger partial charge is 0.469 e. The summed E-state index contributed by atoms with van der Waals surface area (Å²) in [4.78, 5) is 23.1. The Hall–Kier alpha value is -1.84. The lowest BCUT2D eigenvalue weighted by atomic mass is 9.99. The van der Waals surface area contributed by atoms with Crippen LogP contribution in [0.1, 0.15) is 38.8 Å². The summed E-state index contributed by atoms with van der Waals surface area (Å²) in [6, 6.07) is 7.64. The molecule has 0 N–H and O–H groups in total. The Morgan fingerprint density at radius 3 is 2.10 bits per heavy atom. The topological polar surface area (TPSA) is 52.6 Å². The minimum atomic E-state index is -0.465. The highest BCUT2D eigenvalue weighted by atomic mass is 16.6. The molecule has 0 aliphatic rings. The maximum Gasteiger partial charge on any atom is 0.310 e. The van der Waals surface area contributed by atoms with Gasteiger partial charge in [-0.3, -0.25) is 9.59 Å². The molecule has 4 nitrogen and oxygen atoms in total. The van der Waals surface area contributed by atoms with Crippen LogP contribution in [0.2, 0.25) is 0 Å². The molecule has 1 atom stereocenters. The molecule has 0 bridgehead atoms. The first kappa shape index (κ1) is 17.2. The Morgan fingerprint density at radius 2 is 1.62 bits per heavy atom. The zero-order valence-corrected chi connectivity index (χ0v) is 13.4. The third kappa shape index (κ3) is 6.43. The minimum absolute atomic E-state index is 0.174. The monoisotopic (exact) mass is 292 g/mol. The second-order valence-corrected chi connectivity index (χ2v) is 6.21. The summed E-state index contributed by atoms with van der Waals surface area (Å²) in [6.07, 6.45) is 0.878. The molecule has 0 saturated heterocycles. The van der Waals surface area contributed by atoms with Crippen LogP contribution in [0.3, 0.4) is 0 Å². The van der Waals surface area contributed by atoms with Gasteiger partial charge in [0, 0.05) is 0 Å². The number of esters is 2. The zero-order valence-electron chi connectivity index (χ0n) is 13.4. The van der Waals surface area contributed by atoms with E-state index in [4.69, 9.17) is 9.47 Å². The van der Waals surface area contributed by atoms with Gasteiger partial charge in [-0.05, 0) is 38.3 Å². The van der Waals surface area contributed by atoms with Crippen LogP contribution in [0.15, 0.2) is 24.3 Å². The van der Waals surface area contributed by atoms with Gasteiger partial charge in [-0.2, -0.15) is 0 Å². The molecule has 0 spiro atoms. The molecule has 0 aliphatic heterocycles. The minimum Gasteiger partial charge on any atom is -0.469 e. The van der Waals surface area contributed by atoms with Gasteiger partial charge in [0.05, 0.1) is 19.4 Å². The van der Waals surface area contributed by atoms with Gasteiger partial charge in [-0.25, -0.2) is 0 Å². The fourth-order valence-electron chi connectivity index (χ4n) is 1.98. The lowest BCUT2D eigenvalue weighted by Gasteiger charge is -2.19. The van der Waals surface area contributed by atoms with Gasteiger partial charge in [-0.1, -0.05) is 31.2 Å². The van der Waals surface area contributed by atoms with E-state index in [0.29, 0.717) is 6.42 Å². The number of carbonyl (C=O) groups is 2. The van der Waals surface area contributed by atoms with Crippen molar-refractivity contribution in [2.75, 3.05) is 7.11 Å². The molecule has 0 radical (unpaired) electrons. The molecule has 0 aromatic heterocycles. The molecule has 21 heavy (non-hydrogen) atoms. The SMILES string of the molecule is COC(=O)[C@H](C)Cc1ccc(CC(=O)OC(C)(C)C)cc1. The average molecular weight is 292 g/mol. The number of ether oxygens (including phenoxy) is 2. The molecule has 1 aromatic carbocycles. The molecule has 0 aliphatic carbocycles. The van der Waals surface area contributed by atoms with Crippen molar-refractivity contribution in [3.05, 3.63) is 35.4 Å². The van der Waals surface area contributed by atoms with Crippen molar-refractivity contribution >= 4 is 11.9 Å². The quantitative estimate of drug-likeness (QED) is 0.783. The van der Waals surface area contributed by atoms with Crippen molar-refractivity contribution in [1.82, 2.24) is 0 Å². The lowest BCUT2D eigenvalue weighted by molar-refractivity contribution is -0.154. The van der Waals surface area contributed by atoms with Crippen LogP contribution in [-0.4, -0.2) is 24.6 Å². The Balaban J connectivity index is 2.58. The molecule has 116 valence electrons. The average Bonchev–Trinajstić information content (AvgIpc) is 2.37. The Morgan fingerprint density at radius 1 is 1.10 bits per heavy atom. The van der Waals surface area contributed by atoms with Crippen molar-refractivity contribution in [1.29, 1.82) is 0 Å². The van der Waals surface area contributed by atoms with Gasteiger partial charge in [-0.15, -0.1) is 0 Å². The van der Waals surface area contributed by atoms with Crippen molar-refractivity contribution < 1.29 is 19.1 Å². The van der Waals surface area contributed by atoms with Gasteiger partial charge in [0.2, 0.25) is 0 Å². The van der Waals surface area contributed by atoms with E-state index >= 15 is 0 Å². The standard InChI is InChI=1S/C17H24O4/c1-12(16(19)20-5)10-13-6-8-14(9-7-13)11-15(18)21-17(2,3)4/h6-9,12H,10-11H2,1-5H3/t12-/m1/s1. The fraction of sp³-hybridized carbons (Fsp3) is 0.529. The van der Waals surface area contributed by atoms with Crippen molar-refractivity contribution in [2.24, 2.45) is 5.92 Å². The van der Waals surface area contributed by atoms with E-state index in [2.05, 4.69) is 0 Å². The second-order valence-electron chi connectivity index (χ2n) is 6.21. The van der Waals surface area contributed by atoms with E-state index in [1.807, 2.05) is 52.0 Å². The highest BCUT2D eigenvalue weighted by Gasteiger charge is 2.17. The van der Waals surface area contributed by atoms with Gasteiger partial charge < -0.3 is 9.47 Å². The summed E-state index contributed by atoms with van der Waals surface area (Å²) >= 11 is 0. The van der Waals surface area contributed by atoms with Crippen LogP contribution < -0.4 is 0 Å². The molecular weight excluding hydrogens is 268 g/mol. The Labute approximate surface area is 126 Å². The lowest BCUT2D eigenvalue weighted by Crippen LogP contribution is -2.24. The molecule has 0 saturated carbocycles. The first-order valence-corrected chi connectivity index (χ1v) is 7.09. The molecular formula is C17H24O4. The number of hydrogen-bond donors (Lipinski definition) is 0. The van der Waals surface area contributed by atoms with Gasteiger partial charge in [0.1, 0.15) is 5.60 Å². The van der Waals surface area contributed by atoms with Crippen molar-refractivity contribution in [3.8, 4) is 0 Å². The second kappa shape index (κ2) is 7.25. The number of rotatable bonds is 5. The van der Waals surface area contributed by atoms with Crippen LogP contribution >= 0.6 is 0 Å². The maximum atomic E-state index is 11.7. The molecule has 0 fully saturated rings. The summed E-state index contributed by atoms with van der Waals surface area (Å²) in [5.41, 5.74) is 1.48. The maximum absolute atomic E-state index is 11.7.